The zero-order valence-electron chi connectivity index (χ0n) is 13.7. The van der Waals surface area contributed by atoms with Crippen molar-refractivity contribution in [1.82, 2.24) is 4.90 Å². The van der Waals surface area contributed by atoms with E-state index in [1.807, 2.05) is 24.0 Å². The number of hydrogen-bond acceptors (Lipinski definition) is 3. The largest absolute Gasteiger partial charge is 0.478 e. The molecule has 2 aromatic rings. The number of carbonyl (C=O) groups excluding carboxylic acids is 1. The predicted molar refractivity (Wildman–Crippen MR) is 88.9 cm³/mol. The number of carbonyl (C=O) groups is 2. The van der Waals surface area contributed by atoms with Gasteiger partial charge in [-0.2, -0.15) is 0 Å². The minimum Gasteiger partial charge on any atom is -0.478 e. The van der Waals surface area contributed by atoms with Crippen LogP contribution in [0.5, 0.6) is 0 Å². The lowest BCUT2D eigenvalue weighted by molar-refractivity contribution is -0.131. The van der Waals surface area contributed by atoms with Crippen molar-refractivity contribution in [3.8, 4) is 0 Å². The highest BCUT2D eigenvalue weighted by atomic mass is 16.4. The van der Waals surface area contributed by atoms with E-state index in [4.69, 9.17) is 9.52 Å². The molecule has 0 saturated carbocycles. The van der Waals surface area contributed by atoms with E-state index in [2.05, 4.69) is 0 Å². The summed E-state index contributed by atoms with van der Waals surface area (Å²) in [5, 5.41) is 9.06. The molecule has 2 heterocycles. The van der Waals surface area contributed by atoms with Crippen LogP contribution in [0.25, 0.3) is 0 Å². The van der Waals surface area contributed by atoms with Crippen LogP contribution in [0.1, 0.15) is 53.2 Å². The van der Waals surface area contributed by atoms with Crippen molar-refractivity contribution < 1.29 is 19.1 Å². The molecule has 5 heteroatoms. The summed E-state index contributed by atoms with van der Waals surface area (Å²) in [5.74, 6) is 0.802. The van der Waals surface area contributed by atoms with Crippen LogP contribution < -0.4 is 0 Å². The standard InChI is InChI=1S/C19H21NO4/c1-2-15-8-9-17(24-15)16-7-4-10-20(16)18(21)12-13-5-3-6-14(11-13)19(22)23/h3,5-6,8-9,11,16H,2,4,7,10,12H2,1H3,(H,22,23). The number of likely N-dealkylation sites (tertiary alicyclic amines) is 1. The number of aromatic carboxylic acids is 1. The molecule has 1 amide bonds. The second kappa shape index (κ2) is 6.91. The lowest BCUT2D eigenvalue weighted by atomic mass is 10.1. The summed E-state index contributed by atoms with van der Waals surface area (Å²) < 4.78 is 5.83. The van der Waals surface area contributed by atoms with Gasteiger partial charge >= 0.3 is 5.97 Å². The number of furan rings is 1. The zero-order valence-corrected chi connectivity index (χ0v) is 13.7. The first-order chi connectivity index (χ1) is 11.6. The van der Waals surface area contributed by atoms with Crippen LogP contribution in [-0.2, 0) is 17.6 Å². The van der Waals surface area contributed by atoms with Gasteiger partial charge in [0.15, 0.2) is 0 Å². The van der Waals surface area contributed by atoms with E-state index >= 15 is 0 Å². The molecule has 1 unspecified atom stereocenters. The van der Waals surface area contributed by atoms with E-state index in [1.165, 1.54) is 6.07 Å². The number of aryl methyl sites for hydroxylation is 1. The molecular weight excluding hydrogens is 306 g/mol. The average Bonchev–Trinajstić information content (AvgIpc) is 3.23. The normalized spacial score (nSPS) is 17.2. The third-order valence-corrected chi connectivity index (χ3v) is 4.46. The molecule has 1 N–H and O–H groups in total. The third-order valence-electron chi connectivity index (χ3n) is 4.46. The van der Waals surface area contributed by atoms with Gasteiger partial charge in [0.05, 0.1) is 18.0 Å². The molecule has 0 bridgehead atoms. The van der Waals surface area contributed by atoms with Gasteiger partial charge in [0, 0.05) is 13.0 Å². The monoisotopic (exact) mass is 327 g/mol. The molecule has 1 atom stereocenters. The Morgan fingerprint density at radius 2 is 2.12 bits per heavy atom. The molecule has 3 rings (SSSR count). The second-order valence-corrected chi connectivity index (χ2v) is 6.09. The summed E-state index contributed by atoms with van der Waals surface area (Å²) >= 11 is 0. The molecule has 1 aromatic carbocycles. The van der Waals surface area contributed by atoms with E-state index < -0.39 is 5.97 Å². The van der Waals surface area contributed by atoms with Crippen molar-refractivity contribution in [1.29, 1.82) is 0 Å². The smallest absolute Gasteiger partial charge is 0.335 e. The average molecular weight is 327 g/mol. The van der Waals surface area contributed by atoms with Crippen molar-refractivity contribution >= 4 is 11.9 Å². The first kappa shape index (κ1) is 16.3. The number of amides is 1. The van der Waals surface area contributed by atoms with Gasteiger partial charge < -0.3 is 14.4 Å². The Hall–Kier alpha value is -2.56. The first-order valence-corrected chi connectivity index (χ1v) is 8.28. The second-order valence-electron chi connectivity index (χ2n) is 6.09. The summed E-state index contributed by atoms with van der Waals surface area (Å²) in [4.78, 5) is 25.6. The Labute approximate surface area is 140 Å². The fraction of sp³-hybridized carbons (Fsp3) is 0.368. The molecule has 1 aliphatic rings. The molecule has 126 valence electrons. The van der Waals surface area contributed by atoms with Crippen molar-refractivity contribution in [2.75, 3.05) is 6.54 Å². The molecule has 1 aliphatic heterocycles. The van der Waals surface area contributed by atoms with Gasteiger partial charge in [-0.05, 0) is 42.7 Å². The topological polar surface area (TPSA) is 70.8 Å². The summed E-state index contributed by atoms with van der Waals surface area (Å²) in [7, 11) is 0. The molecule has 1 fully saturated rings. The number of carboxylic acid groups (broad SMARTS) is 1. The first-order valence-electron chi connectivity index (χ1n) is 8.28. The molecule has 5 nitrogen and oxygen atoms in total. The molecule has 0 radical (unpaired) electrons. The van der Waals surface area contributed by atoms with Gasteiger partial charge in [0.2, 0.25) is 5.91 Å². The van der Waals surface area contributed by atoms with E-state index in [0.29, 0.717) is 6.54 Å². The number of hydrogen-bond donors (Lipinski definition) is 1. The number of nitrogens with zero attached hydrogens (tertiary/aromatic N) is 1. The van der Waals surface area contributed by atoms with E-state index in [1.54, 1.807) is 18.2 Å². The fourth-order valence-corrected chi connectivity index (χ4v) is 3.22. The third kappa shape index (κ3) is 3.35. The maximum Gasteiger partial charge on any atom is 0.335 e. The predicted octanol–water partition coefficient (Wildman–Crippen LogP) is 3.45. The summed E-state index contributed by atoms with van der Waals surface area (Å²) in [6.45, 7) is 2.75. The van der Waals surface area contributed by atoms with Gasteiger partial charge in [0.1, 0.15) is 11.5 Å². The Morgan fingerprint density at radius 3 is 2.83 bits per heavy atom. The molecular formula is C19H21NO4. The van der Waals surface area contributed by atoms with Gasteiger partial charge in [-0.25, -0.2) is 4.79 Å². The van der Waals surface area contributed by atoms with Crippen LogP contribution in [0.2, 0.25) is 0 Å². The number of rotatable bonds is 5. The van der Waals surface area contributed by atoms with Crippen LogP contribution in [-0.4, -0.2) is 28.4 Å². The zero-order chi connectivity index (χ0) is 17.1. The molecule has 24 heavy (non-hydrogen) atoms. The Balaban J connectivity index is 1.74. The highest BCUT2D eigenvalue weighted by Crippen LogP contribution is 2.33. The van der Waals surface area contributed by atoms with Crippen molar-refractivity contribution in [2.24, 2.45) is 0 Å². The molecule has 0 spiro atoms. The number of carboxylic acids is 1. The maximum atomic E-state index is 12.7. The minimum absolute atomic E-state index is 0.00878. The van der Waals surface area contributed by atoms with Crippen molar-refractivity contribution in [2.45, 2.75) is 38.6 Å². The maximum absolute atomic E-state index is 12.7. The lowest BCUT2D eigenvalue weighted by Gasteiger charge is -2.23. The Kier molecular flexibility index (Phi) is 4.69. The SMILES string of the molecule is CCc1ccc(C2CCCN2C(=O)Cc2cccc(C(=O)O)c2)o1. The van der Waals surface area contributed by atoms with Crippen molar-refractivity contribution in [3.63, 3.8) is 0 Å². The van der Waals surface area contributed by atoms with Crippen LogP contribution in [0.15, 0.2) is 40.8 Å². The summed E-state index contributed by atoms with van der Waals surface area (Å²) in [5.41, 5.74) is 0.927. The minimum atomic E-state index is -0.981. The summed E-state index contributed by atoms with van der Waals surface area (Å²) in [6.07, 6.45) is 2.90. The van der Waals surface area contributed by atoms with Crippen LogP contribution in [0, 0.1) is 0 Å². The van der Waals surface area contributed by atoms with Gasteiger partial charge in [0.25, 0.3) is 0 Å². The van der Waals surface area contributed by atoms with Gasteiger partial charge in [-0.1, -0.05) is 19.1 Å². The highest BCUT2D eigenvalue weighted by molar-refractivity contribution is 5.88. The van der Waals surface area contributed by atoms with E-state index in [9.17, 15) is 9.59 Å². The van der Waals surface area contributed by atoms with Crippen LogP contribution in [0.3, 0.4) is 0 Å². The molecule has 1 aromatic heterocycles. The van der Waals surface area contributed by atoms with Crippen LogP contribution >= 0.6 is 0 Å². The highest BCUT2D eigenvalue weighted by Gasteiger charge is 2.32. The lowest BCUT2D eigenvalue weighted by Crippen LogP contribution is -2.31. The quantitative estimate of drug-likeness (QED) is 0.913. The van der Waals surface area contributed by atoms with Crippen molar-refractivity contribution in [3.05, 3.63) is 59.0 Å². The van der Waals surface area contributed by atoms with Gasteiger partial charge in [-0.15, -0.1) is 0 Å². The van der Waals surface area contributed by atoms with Crippen LogP contribution in [0.4, 0.5) is 0 Å². The Morgan fingerprint density at radius 1 is 1.29 bits per heavy atom. The molecule has 0 aliphatic carbocycles. The Bertz CT molecular complexity index is 749. The fourth-order valence-electron chi connectivity index (χ4n) is 3.22. The van der Waals surface area contributed by atoms with E-state index in [-0.39, 0.29) is 23.9 Å². The van der Waals surface area contributed by atoms with E-state index in [0.717, 1.165) is 36.3 Å². The summed E-state index contributed by atoms with van der Waals surface area (Å²) in [6, 6.07) is 10.5. The number of benzene rings is 1. The molecule has 1 saturated heterocycles. The van der Waals surface area contributed by atoms with Gasteiger partial charge in [-0.3, -0.25) is 4.79 Å².